The molecule has 0 atom stereocenters. The minimum Gasteiger partial charge on any atom is -0.379 e. The topological polar surface area (TPSA) is 79.4 Å². The van der Waals surface area contributed by atoms with E-state index in [2.05, 4.69) is 25.7 Å². The van der Waals surface area contributed by atoms with E-state index in [0.717, 1.165) is 44.3 Å². The van der Waals surface area contributed by atoms with Gasteiger partial charge in [-0.3, -0.25) is 9.69 Å². The molecular weight excluding hydrogens is 326 g/mol. The molecule has 1 amide bonds. The number of carbonyl (C=O) groups is 1. The molecule has 0 radical (unpaired) electrons. The zero-order valence-corrected chi connectivity index (χ0v) is 14.2. The van der Waals surface area contributed by atoms with E-state index in [9.17, 15) is 4.79 Å². The molecule has 1 aliphatic heterocycles. The van der Waals surface area contributed by atoms with E-state index < -0.39 is 0 Å². The van der Waals surface area contributed by atoms with Crippen molar-refractivity contribution in [1.29, 1.82) is 0 Å². The lowest BCUT2D eigenvalue weighted by molar-refractivity contribution is -0.115. The first-order valence-corrected chi connectivity index (χ1v) is 8.87. The summed E-state index contributed by atoms with van der Waals surface area (Å²) in [5.41, 5.74) is 0. The van der Waals surface area contributed by atoms with Crippen molar-refractivity contribution in [2.75, 3.05) is 50.0 Å². The van der Waals surface area contributed by atoms with E-state index in [0.29, 0.717) is 18.1 Å². The third kappa shape index (κ3) is 5.26. The van der Waals surface area contributed by atoms with Gasteiger partial charge in [-0.2, -0.15) is 0 Å². The van der Waals surface area contributed by atoms with Crippen LogP contribution in [0.15, 0.2) is 29.6 Å². The number of hydrogen-bond donors (Lipinski definition) is 2. The molecule has 24 heavy (non-hydrogen) atoms. The Morgan fingerprint density at radius 3 is 2.71 bits per heavy atom. The number of nitrogens with zero attached hydrogens (tertiary/aromatic N) is 3. The minimum atomic E-state index is -0.0835. The zero-order valence-electron chi connectivity index (χ0n) is 13.4. The van der Waals surface area contributed by atoms with Gasteiger partial charge in [-0.25, -0.2) is 0 Å². The van der Waals surface area contributed by atoms with Crippen molar-refractivity contribution in [2.24, 2.45) is 0 Å². The van der Waals surface area contributed by atoms with Gasteiger partial charge in [-0.15, -0.1) is 21.5 Å². The average Bonchev–Trinajstić information content (AvgIpc) is 3.10. The molecule has 3 rings (SSSR count). The number of aromatic nitrogens is 2. The van der Waals surface area contributed by atoms with Gasteiger partial charge in [0, 0.05) is 31.1 Å². The number of thiophene rings is 1. The van der Waals surface area contributed by atoms with Gasteiger partial charge < -0.3 is 15.4 Å². The fourth-order valence-corrected chi connectivity index (χ4v) is 3.12. The predicted molar refractivity (Wildman–Crippen MR) is 94.4 cm³/mol. The number of anilines is 2. The number of rotatable bonds is 7. The summed E-state index contributed by atoms with van der Waals surface area (Å²) in [4.78, 5) is 15.3. The van der Waals surface area contributed by atoms with Crippen LogP contribution in [0, 0.1) is 0 Å². The zero-order chi connectivity index (χ0) is 16.6. The van der Waals surface area contributed by atoms with E-state index >= 15 is 0 Å². The second-order valence-corrected chi connectivity index (χ2v) is 6.52. The van der Waals surface area contributed by atoms with Crippen molar-refractivity contribution < 1.29 is 9.53 Å². The van der Waals surface area contributed by atoms with Gasteiger partial charge in [0.2, 0.25) is 5.91 Å². The third-order valence-electron chi connectivity index (χ3n) is 3.68. The summed E-state index contributed by atoms with van der Waals surface area (Å²) < 4.78 is 5.32. The second-order valence-electron chi connectivity index (χ2n) is 5.49. The fourth-order valence-electron chi connectivity index (χ4n) is 2.42. The lowest BCUT2D eigenvalue weighted by atomic mass is 10.3. The van der Waals surface area contributed by atoms with E-state index in [1.54, 1.807) is 17.4 Å². The van der Waals surface area contributed by atoms with E-state index in [1.807, 2.05) is 23.6 Å². The van der Waals surface area contributed by atoms with Crippen molar-refractivity contribution in [3.05, 3.63) is 34.5 Å². The Bertz CT molecular complexity index is 626. The summed E-state index contributed by atoms with van der Waals surface area (Å²) in [7, 11) is 0. The maximum absolute atomic E-state index is 11.9. The molecule has 2 N–H and O–H groups in total. The molecule has 0 unspecified atom stereocenters. The number of hydrogen-bond acceptors (Lipinski definition) is 7. The predicted octanol–water partition coefficient (Wildman–Crippen LogP) is 1.46. The average molecular weight is 347 g/mol. The van der Waals surface area contributed by atoms with Crippen molar-refractivity contribution >= 4 is 28.9 Å². The summed E-state index contributed by atoms with van der Waals surface area (Å²) in [6, 6.07) is 7.46. The second kappa shape index (κ2) is 8.72. The molecule has 0 spiro atoms. The highest BCUT2D eigenvalue weighted by Crippen LogP contribution is 2.11. The van der Waals surface area contributed by atoms with Gasteiger partial charge >= 0.3 is 0 Å². The summed E-state index contributed by atoms with van der Waals surface area (Å²) in [5, 5.41) is 16.1. The van der Waals surface area contributed by atoms with Crippen LogP contribution in [0.3, 0.4) is 0 Å². The van der Waals surface area contributed by atoms with E-state index in [1.165, 1.54) is 0 Å². The van der Waals surface area contributed by atoms with Crippen molar-refractivity contribution in [3.63, 3.8) is 0 Å². The SMILES string of the molecule is O=C(Cc1cccs1)Nc1ccc(NCCN2CCOCC2)nn1. The maximum Gasteiger partial charge on any atom is 0.230 e. The Labute approximate surface area is 145 Å². The van der Waals surface area contributed by atoms with Gasteiger partial charge in [0.15, 0.2) is 5.82 Å². The number of nitrogens with one attached hydrogen (secondary N) is 2. The molecule has 1 aliphatic rings. The number of ether oxygens (including phenoxy) is 1. The van der Waals surface area contributed by atoms with Gasteiger partial charge in [0.1, 0.15) is 5.82 Å². The molecule has 0 aliphatic carbocycles. The number of carbonyl (C=O) groups excluding carboxylic acids is 1. The van der Waals surface area contributed by atoms with Gasteiger partial charge in [-0.05, 0) is 23.6 Å². The van der Waals surface area contributed by atoms with Gasteiger partial charge in [0.25, 0.3) is 0 Å². The molecule has 2 aromatic rings. The van der Waals surface area contributed by atoms with Crippen LogP contribution in [0.1, 0.15) is 4.88 Å². The Hall–Kier alpha value is -2.03. The van der Waals surface area contributed by atoms with Crippen LogP contribution >= 0.6 is 11.3 Å². The van der Waals surface area contributed by atoms with Crippen LogP contribution in [-0.2, 0) is 16.0 Å². The molecule has 128 valence electrons. The van der Waals surface area contributed by atoms with Crippen LogP contribution < -0.4 is 10.6 Å². The fraction of sp³-hybridized carbons (Fsp3) is 0.438. The van der Waals surface area contributed by atoms with Gasteiger partial charge in [0.05, 0.1) is 19.6 Å². The largest absolute Gasteiger partial charge is 0.379 e. The molecule has 0 bridgehead atoms. The smallest absolute Gasteiger partial charge is 0.230 e. The quantitative estimate of drug-likeness (QED) is 0.789. The molecule has 2 aromatic heterocycles. The van der Waals surface area contributed by atoms with Gasteiger partial charge in [-0.1, -0.05) is 6.07 Å². The lowest BCUT2D eigenvalue weighted by Crippen LogP contribution is -2.39. The summed E-state index contributed by atoms with van der Waals surface area (Å²) in [6.07, 6.45) is 0.360. The van der Waals surface area contributed by atoms with Crippen molar-refractivity contribution in [1.82, 2.24) is 15.1 Å². The summed E-state index contributed by atoms with van der Waals surface area (Å²) >= 11 is 1.57. The Kier molecular flexibility index (Phi) is 6.11. The first-order chi connectivity index (χ1) is 11.8. The molecule has 8 heteroatoms. The Balaban J connectivity index is 1.40. The number of amides is 1. The van der Waals surface area contributed by atoms with Crippen LogP contribution in [0.5, 0.6) is 0 Å². The normalized spacial score (nSPS) is 15.2. The Morgan fingerprint density at radius 2 is 2.00 bits per heavy atom. The van der Waals surface area contributed by atoms with Crippen molar-refractivity contribution in [2.45, 2.75) is 6.42 Å². The lowest BCUT2D eigenvalue weighted by Gasteiger charge is -2.26. The molecule has 0 saturated carbocycles. The molecule has 1 saturated heterocycles. The first-order valence-electron chi connectivity index (χ1n) is 7.99. The van der Waals surface area contributed by atoms with E-state index in [4.69, 9.17) is 4.74 Å². The molecular formula is C16H21N5O2S. The first kappa shape index (κ1) is 16.8. The molecule has 0 aromatic carbocycles. The molecule has 1 fully saturated rings. The Morgan fingerprint density at radius 1 is 1.21 bits per heavy atom. The molecule has 3 heterocycles. The van der Waals surface area contributed by atoms with Crippen LogP contribution in [0.25, 0.3) is 0 Å². The van der Waals surface area contributed by atoms with Crippen molar-refractivity contribution in [3.8, 4) is 0 Å². The number of morpholine rings is 1. The summed E-state index contributed by atoms with van der Waals surface area (Å²) in [6.45, 7) is 5.31. The minimum absolute atomic E-state index is 0.0835. The monoisotopic (exact) mass is 347 g/mol. The van der Waals surface area contributed by atoms with Crippen LogP contribution in [-0.4, -0.2) is 60.4 Å². The van der Waals surface area contributed by atoms with Crippen LogP contribution in [0.2, 0.25) is 0 Å². The van der Waals surface area contributed by atoms with Crippen LogP contribution in [0.4, 0.5) is 11.6 Å². The van der Waals surface area contributed by atoms with E-state index in [-0.39, 0.29) is 5.91 Å². The molecule has 7 nitrogen and oxygen atoms in total. The summed E-state index contributed by atoms with van der Waals surface area (Å²) in [5.74, 6) is 1.09. The maximum atomic E-state index is 11.9. The highest BCUT2D eigenvalue weighted by molar-refractivity contribution is 7.10. The highest BCUT2D eigenvalue weighted by Gasteiger charge is 2.10. The standard InChI is InChI=1S/C16H21N5O2S/c22-16(12-13-2-1-11-24-13)18-15-4-3-14(19-20-15)17-5-6-21-7-9-23-10-8-21/h1-4,11H,5-10,12H2,(H,17,19)(H,18,20,22). The third-order valence-corrected chi connectivity index (χ3v) is 4.56. The highest BCUT2D eigenvalue weighted by atomic mass is 32.1.